The van der Waals surface area contributed by atoms with E-state index in [1.54, 1.807) is 6.20 Å². The molecule has 0 radical (unpaired) electrons. The number of H-pyrrole nitrogens is 1. The van der Waals surface area contributed by atoms with Crippen LogP contribution in [-0.4, -0.2) is 4.98 Å². The van der Waals surface area contributed by atoms with E-state index in [-0.39, 0.29) is 5.56 Å². The zero-order valence-electron chi connectivity index (χ0n) is 5.43. The molecule has 56 valence electrons. The highest BCUT2D eigenvalue weighted by Crippen LogP contribution is 2.20. The van der Waals surface area contributed by atoms with Crippen molar-refractivity contribution in [3.8, 4) is 0 Å². The normalized spacial score (nSPS) is 10.6. The Morgan fingerprint density at radius 2 is 2.36 bits per heavy atom. The third-order valence-corrected chi connectivity index (χ3v) is 3.26. The first-order valence-electron chi connectivity index (χ1n) is 3.03. The van der Waals surface area contributed by atoms with Gasteiger partial charge in [0.1, 0.15) is 4.70 Å². The number of aromatic amines is 1. The van der Waals surface area contributed by atoms with E-state index in [4.69, 9.17) is 0 Å². The van der Waals surface area contributed by atoms with E-state index in [1.165, 1.54) is 11.3 Å². The van der Waals surface area contributed by atoms with Crippen molar-refractivity contribution in [1.82, 2.24) is 4.98 Å². The standard InChI is InChI=1S/C7H4INOS/c8-5-3-9-7(10)6-4(5)1-2-11-6/h1-3H,(H,9,10). The van der Waals surface area contributed by atoms with Gasteiger partial charge in [0.15, 0.2) is 0 Å². The number of rotatable bonds is 0. The predicted octanol–water partition coefficient (Wildman–Crippen LogP) is 2.19. The maximum absolute atomic E-state index is 11.1. The lowest BCUT2D eigenvalue weighted by Gasteiger charge is -1.90. The van der Waals surface area contributed by atoms with Gasteiger partial charge < -0.3 is 4.98 Å². The molecule has 0 spiro atoms. The number of halogens is 1. The highest BCUT2D eigenvalue weighted by atomic mass is 127. The molecule has 4 heteroatoms. The lowest BCUT2D eigenvalue weighted by molar-refractivity contribution is 1.27. The van der Waals surface area contributed by atoms with Crippen molar-refractivity contribution in [3.05, 3.63) is 31.6 Å². The minimum atomic E-state index is 0.00964. The summed E-state index contributed by atoms with van der Waals surface area (Å²) in [5.41, 5.74) is 0.00964. The predicted molar refractivity (Wildman–Crippen MR) is 55.2 cm³/mol. The molecular formula is C7H4INOS. The molecule has 0 aliphatic heterocycles. The molecule has 2 heterocycles. The van der Waals surface area contributed by atoms with E-state index in [0.717, 1.165) is 13.7 Å². The van der Waals surface area contributed by atoms with Crippen LogP contribution >= 0.6 is 33.9 Å². The average Bonchev–Trinajstić information content (AvgIpc) is 2.45. The van der Waals surface area contributed by atoms with Crippen LogP contribution in [0.25, 0.3) is 10.1 Å². The van der Waals surface area contributed by atoms with Gasteiger partial charge in [0.25, 0.3) is 5.56 Å². The van der Waals surface area contributed by atoms with Gasteiger partial charge in [0.2, 0.25) is 0 Å². The summed E-state index contributed by atoms with van der Waals surface area (Å²) in [7, 11) is 0. The van der Waals surface area contributed by atoms with Gasteiger partial charge in [-0.2, -0.15) is 0 Å². The molecule has 0 atom stereocenters. The second-order valence-corrected chi connectivity index (χ2v) is 4.21. The first kappa shape index (κ1) is 7.30. The summed E-state index contributed by atoms with van der Waals surface area (Å²) < 4.78 is 1.91. The summed E-state index contributed by atoms with van der Waals surface area (Å²) in [6.45, 7) is 0. The molecule has 2 nitrogen and oxygen atoms in total. The Morgan fingerprint density at radius 3 is 3.09 bits per heavy atom. The maximum atomic E-state index is 11.1. The Balaban J connectivity index is 3.08. The van der Waals surface area contributed by atoms with Gasteiger partial charge in [-0.25, -0.2) is 0 Å². The Morgan fingerprint density at radius 1 is 1.55 bits per heavy atom. The first-order chi connectivity index (χ1) is 5.29. The molecule has 11 heavy (non-hydrogen) atoms. The lowest BCUT2D eigenvalue weighted by Crippen LogP contribution is -2.03. The van der Waals surface area contributed by atoms with E-state index in [2.05, 4.69) is 27.6 Å². The van der Waals surface area contributed by atoms with Crippen LogP contribution in [-0.2, 0) is 0 Å². The Bertz CT molecular complexity index is 445. The molecule has 0 saturated heterocycles. The molecule has 0 unspecified atom stereocenters. The average molecular weight is 277 g/mol. The van der Waals surface area contributed by atoms with Crippen molar-refractivity contribution in [2.45, 2.75) is 0 Å². The van der Waals surface area contributed by atoms with Crippen molar-refractivity contribution < 1.29 is 0 Å². The molecule has 0 saturated carbocycles. The summed E-state index contributed by atoms with van der Waals surface area (Å²) in [5.74, 6) is 0. The van der Waals surface area contributed by atoms with Gasteiger partial charge in [-0.15, -0.1) is 11.3 Å². The molecule has 2 aromatic heterocycles. The first-order valence-corrected chi connectivity index (χ1v) is 4.99. The van der Waals surface area contributed by atoms with Crippen molar-refractivity contribution in [1.29, 1.82) is 0 Å². The zero-order chi connectivity index (χ0) is 7.84. The smallest absolute Gasteiger partial charge is 0.265 e. The van der Waals surface area contributed by atoms with Gasteiger partial charge in [-0.3, -0.25) is 4.79 Å². The van der Waals surface area contributed by atoms with E-state index >= 15 is 0 Å². The molecule has 2 rings (SSSR count). The molecule has 0 aliphatic rings. The largest absolute Gasteiger partial charge is 0.327 e. The fraction of sp³-hybridized carbons (Fsp3) is 0. The van der Waals surface area contributed by atoms with Crippen molar-refractivity contribution in [3.63, 3.8) is 0 Å². The van der Waals surface area contributed by atoms with Crippen LogP contribution in [0.2, 0.25) is 0 Å². The summed E-state index contributed by atoms with van der Waals surface area (Å²) in [4.78, 5) is 13.8. The number of pyridine rings is 1. The highest BCUT2D eigenvalue weighted by Gasteiger charge is 2.01. The van der Waals surface area contributed by atoms with Crippen LogP contribution in [0.5, 0.6) is 0 Å². The van der Waals surface area contributed by atoms with E-state index in [1.807, 2.05) is 11.4 Å². The second-order valence-electron chi connectivity index (χ2n) is 2.13. The molecule has 0 aromatic carbocycles. The van der Waals surface area contributed by atoms with E-state index < -0.39 is 0 Å². The van der Waals surface area contributed by atoms with Crippen LogP contribution < -0.4 is 5.56 Å². The van der Waals surface area contributed by atoms with E-state index in [0.29, 0.717) is 0 Å². The van der Waals surface area contributed by atoms with Crippen LogP contribution in [0.3, 0.4) is 0 Å². The van der Waals surface area contributed by atoms with Crippen molar-refractivity contribution in [2.24, 2.45) is 0 Å². The van der Waals surface area contributed by atoms with Gasteiger partial charge in [-0.1, -0.05) is 0 Å². The fourth-order valence-electron chi connectivity index (χ4n) is 0.945. The molecule has 0 fully saturated rings. The van der Waals surface area contributed by atoms with Gasteiger partial charge in [0, 0.05) is 15.2 Å². The number of thiophene rings is 1. The SMILES string of the molecule is O=c1[nH]cc(I)c2ccsc12. The summed E-state index contributed by atoms with van der Waals surface area (Å²) in [6.07, 6.45) is 1.73. The van der Waals surface area contributed by atoms with Crippen molar-refractivity contribution in [2.75, 3.05) is 0 Å². The number of hydrogen-bond donors (Lipinski definition) is 1. The Kier molecular flexibility index (Phi) is 1.72. The number of nitrogens with one attached hydrogen (secondary N) is 1. The second kappa shape index (κ2) is 2.60. The lowest BCUT2D eigenvalue weighted by atomic mass is 10.3. The summed E-state index contributed by atoms with van der Waals surface area (Å²) in [6, 6.07) is 1.97. The minimum absolute atomic E-state index is 0.00964. The maximum Gasteiger partial charge on any atom is 0.265 e. The third kappa shape index (κ3) is 1.10. The van der Waals surface area contributed by atoms with Crippen LogP contribution in [0.1, 0.15) is 0 Å². The molecule has 0 amide bonds. The Labute approximate surface area is 80.4 Å². The fourth-order valence-corrected chi connectivity index (χ4v) is 2.54. The quantitative estimate of drug-likeness (QED) is 0.736. The zero-order valence-corrected chi connectivity index (χ0v) is 8.40. The third-order valence-electron chi connectivity index (χ3n) is 1.46. The van der Waals surface area contributed by atoms with Gasteiger partial charge in [-0.05, 0) is 34.0 Å². The van der Waals surface area contributed by atoms with Crippen molar-refractivity contribution >= 4 is 44.0 Å². The number of fused-ring (bicyclic) bond motifs is 1. The number of aromatic nitrogens is 1. The van der Waals surface area contributed by atoms with Gasteiger partial charge >= 0.3 is 0 Å². The Hall–Kier alpha value is -0.360. The summed E-state index contributed by atoms with van der Waals surface area (Å²) >= 11 is 3.69. The minimum Gasteiger partial charge on any atom is -0.327 e. The number of hydrogen-bond acceptors (Lipinski definition) is 2. The summed E-state index contributed by atoms with van der Waals surface area (Å²) in [5, 5.41) is 2.99. The molecule has 0 bridgehead atoms. The van der Waals surface area contributed by atoms with E-state index in [9.17, 15) is 4.79 Å². The molecule has 2 aromatic rings. The topological polar surface area (TPSA) is 32.9 Å². The van der Waals surface area contributed by atoms with Crippen LogP contribution in [0.4, 0.5) is 0 Å². The molecule has 0 aliphatic carbocycles. The van der Waals surface area contributed by atoms with Gasteiger partial charge in [0.05, 0.1) is 0 Å². The molecule has 1 N–H and O–H groups in total. The van der Waals surface area contributed by atoms with Crippen LogP contribution in [0.15, 0.2) is 22.4 Å². The highest BCUT2D eigenvalue weighted by molar-refractivity contribution is 14.1. The van der Waals surface area contributed by atoms with Crippen LogP contribution in [0, 0.1) is 3.57 Å². The molecular weight excluding hydrogens is 273 g/mol. The monoisotopic (exact) mass is 277 g/mol.